The Morgan fingerprint density at radius 3 is 2.20 bits per heavy atom. The minimum absolute atomic E-state index is 0. The largest absolute Gasteiger partial charge is 0.361 e. The van der Waals surface area contributed by atoms with E-state index in [2.05, 4.69) is 81.0 Å². The van der Waals surface area contributed by atoms with Crippen molar-refractivity contribution < 1.29 is 4.74 Å². The van der Waals surface area contributed by atoms with Crippen molar-refractivity contribution in [2.45, 2.75) is 77.1 Å². The molecule has 0 bridgehead atoms. The van der Waals surface area contributed by atoms with Gasteiger partial charge in [-0.3, -0.25) is 9.59 Å². The SMILES string of the molecule is C[Si](C)(C)CCOCn1cc(C#N)c2c(N3CCC[C@H]3c3nn4ccc(Cl)c4c(=O)[nH]3)ncnc21.Cc1c[nH]c2ncnc(Cl)c12.O=c1[nH]c([C@@H]2CCCN2)nn2ccc(Cl)c12.S.S. The Bertz CT molecular complexity index is 3070. The average Bonchev–Trinajstić information content (AvgIpc) is 4.11. The van der Waals surface area contributed by atoms with E-state index in [1.165, 1.54) is 21.7 Å². The zero-order valence-corrected chi connectivity index (χ0v) is 40.7. The number of ether oxygens (including phenoxy) is 1. The molecule has 0 amide bonds. The molecule has 0 aliphatic carbocycles. The third-order valence-electron chi connectivity index (χ3n) is 10.8. The number of rotatable bonds is 8. The van der Waals surface area contributed by atoms with Crippen LogP contribution in [0.15, 0.2) is 59.2 Å². The molecule has 4 N–H and O–H groups in total. The molecular formula is C40H48Cl3N15O3S2Si. The number of anilines is 1. The maximum Gasteiger partial charge on any atom is 0.276 e. The Morgan fingerprint density at radius 1 is 0.891 bits per heavy atom. The smallest absolute Gasteiger partial charge is 0.276 e. The van der Waals surface area contributed by atoms with Crippen LogP contribution in [-0.2, 0) is 11.5 Å². The lowest BCUT2D eigenvalue weighted by Gasteiger charge is -2.25. The number of nitrogens with zero attached hydrogens (tertiary/aromatic N) is 11. The van der Waals surface area contributed by atoms with Crippen LogP contribution in [0.5, 0.6) is 0 Å². The molecule has 8 aromatic heterocycles. The van der Waals surface area contributed by atoms with Crippen LogP contribution in [0.4, 0.5) is 5.82 Å². The van der Waals surface area contributed by atoms with Gasteiger partial charge in [-0.2, -0.15) is 42.5 Å². The molecule has 8 aromatic rings. The molecule has 2 aliphatic rings. The van der Waals surface area contributed by atoms with E-state index in [9.17, 15) is 14.9 Å². The Kier molecular flexibility index (Phi) is 15.5. The van der Waals surface area contributed by atoms with Gasteiger partial charge in [0.25, 0.3) is 11.1 Å². The summed E-state index contributed by atoms with van der Waals surface area (Å²) in [5, 5.41) is 25.0. The van der Waals surface area contributed by atoms with E-state index in [0.29, 0.717) is 80.2 Å². The summed E-state index contributed by atoms with van der Waals surface area (Å²) in [6.07, 6.45) is 13.8. The van der Waals surface area contributed by atoms with Crippen LogP contribution >= 0.6 is 61.8 Å². The molecule has 18 nitrogen and oxygen atoms in total. The maximum absolute atomic E-state index is 12.7. The molecular weight excluding hydrogens is 937 g/mol. The van der Waals surface area contributed by atoms with Crippen molar-refractivity contribution in [2.75, 3.05) is 24.6 Å². The van der Waals surface area contributed by atoms with Gasteiger partial charge in [0.15, 0.2) is 5.82 Å². The normalized spacial score (nSPS) is 16.0. The number of nitrogens with one attached hydrogen (secondary N) is 4. The number of aryl methyl sites for hydroxylation is 1. The summed E-state index contributed by atoms with van der Waals surface area (Å²) in [7, 11) is -1.20. The van der Waals surface area contributed by atoms with E-state index < -0.39 is 8.07 Å². The number of nitriles is 1. The van der Waals surface area contributed by atoms with Gasteiger partial charge >= 0.3 is 0 Å². The molecule has 0 saturated carbocycles. The Labute approximate surface area is 396 Å². The number of aromatic nitrogens is 12. The molecule has 2 atom stereocenters. The van der Waals surface area contributed by atoms with Gasteiger partial charge in [-0.05, 0) is 62.9 Å². The first kappa shape index (κ1) is 48.5. The molecule has 10 rings (SSSR count). The van der Waals surface area contributed by atoms with Crippen LogP contribution in [0, 0.1) is 18.3 Å². The molecule has 2 fully saturated rings. The third-order valence-corrected chi connectivity index (χ3v) is 13.4. The van der Waals surface area contributed by atoms with E-state index in [-0.39, 0.29) is 50.2 Å². The molecule has 2 saturated heterocycles. The van der Waals surface area contributed by atoms with Crippen LogP contribution in [0.2, 0.25) is 40.9 Å². The van der Waals surface area contributed by atoms with Crippen molar-refractivity contribution >= 4 is 109 Å². The summed E-state index contributed by atoms with van der Waals surface area (Å²) in [5.74, 6) is 1.87. The monoisotopic (exact) mass is 983 g/mol. The standard InChI is InChI=1S/C23H27ClN8O2Si.C10H11ClN4O.C7H6ClN3.2H2S/c1-35(2,3)10-9-34-14-30-12-15(11-25)18-21(30)26-13-27-22(18)31-7-4-5-17(31)20-28-23(33)19-16(24)6-8-32(19)29-20;11-6-3-5-15-8(6)10(16)13-9(14-15)7-2-1-4-12-7;1-4-2-9-7-5(4)6(8)10-3-11-7;;/h6,8,12-13,17H,4-5,7,9-10,14H2,1-3H3,(H,28,29,33);3,5,7,12H,1-2,4H2,(H,13,14,16);2-3H,1H3,(H,9,10,11);2*1H2/t17-;7-;;;/m00.../s1. The van der Waals surface area contributed by atoms with Crippen molar-refractivity contribution in [3.63, 3.8) is 0 Å². The zero-order chi connectivity index (χ0) is 43.7. The van der Waals surface area contributed by atoms with Gasteiger partial charge in [-0.25, -0.2) is 29.0 Å². The fraction of sp³-hybridized carbons (Fsp3) is 0.375. The van der Waals surface area contributed by atoms with Gasteiger partial charge in [0.1, 0.15) is 64.6 Å². The summed E-state index contributed by atoms with van der Waals surface area (Å²) < 4.78 is 10.8. The summed E-state index contributed by atoms with van der Waals surface area (Å²) >= 11 is 17.9. The lowest BCUT2D eigenvalue weighted by Crippen LogP contribution is -2.28. The van der Waals surface area contributed by atoms with Crippen molar-refractivity contribution in [1.29, 1.82) is 5.26 Å². The Balaban J connectivity index is 0.000000192. The topological polar surface area (TPSA) is 221 Å². The summed E-state index contributed by atoms with van der Waals surface area (Å²) in [6.45, 7) is 11.6. The number of aromatic amines is 3. The highest BCUT2D eigenvalue weighted by molar-refractivity contribution is 7.59. The van der Waals surface area contributed by atoms with Gasteiger partial charge in [0.2, 0.25) is 0 Å². The second kappa shape index (κ2) is 20.5. The lowest BCUT2D eigenvalue weighted by atomic mass is 10.2. The summed E-state index contributed by atoms with van der Waals surface area (Å²) in [4.78, 5) is 52.2. The molecule has 0 unspecified atom stereocenters. The van der Waals surface area contributed by atoms with Crippen LogP contribution in [0.1, 0.15) is 60.5 Å². The highest BCUT2D eigenvalue weighted by Gasteiger charge is 2.32. The predicted octanol–water partition coefficient (Wildman–Crippen LogP) is 7.19. The number of fused-ring (bicyclic) bond motifs is 4. The van der Waals surface area contributed by atoms with E-state index in [1.54, 1.807) is 30.7 Å². The van der Waals surface area contributed by atoms with E-state index in [4.69, 9.17) is 39.5 Å². The molecule has 10 heterocycles. The van der Waals surface area contributed by atoms with Crippen molar-refractivity contribution in [1.82, 2.24) is 64.0 Å². The molecule has 0 aromatic carbocycles. The number of H-pyrrole nitrogens is 3. The zero-order valence-electron chi connectivity index (χ0n) is 35.4. The minimum atomic E-state index is -1.20. The summed E-state index contributed by atoms with van der Waals surface area (Å²) in [6, 6.07) is 6.63. The second-order valence-electron chi connectivity index (χ2n) is 16.3. The third kappa shape index (κ3) is 10.1. The first-order chi connectivity index (χ1) is 29.8. The highest BCUT2D eigenvalue weighted by Crippen LogP contribution is 2.38. The van der Waals surface area contributed by atoms with Crippen molar-refractivity contribution in [2.24, 2.45) is 0 Å². The molecule has 0 radical (unpaired) electrons. The van der Waals surface area contributed by atoms with E-state index in [0.717, 1.165) is 54.9 Å². The highest BCUT2D eigenvalue weighted by atomic mass is 35.5. The Hall–Kier alpha value is -4.92. The van der Waals surface area contributed by atoms with Gasteiger partial charge < -0.3 is 34.5 Å². The van der Waals surface area contributed by atoms with Gasteiger partial charge in [-0.15, -0.1) is 0 Å². The average molecular weight is 986 g/mol. The number of hydrogen-bond donors (Lipinski definition) is 4. The van der Waals surface area contributed by atoms with Gasteiger partial charge in [0, 0.05) is 46.0 Å². The second-order valence-corrected chi connectivity index (χ2v) is 23.1. The van der Waals surface area contributed by atoms with Crippen molar-refractivity contribution in [3.05, 3.63) is 108 Å². The molecule has 24 heteroatoms. The first-order valence-electron chi connectivity index (χ1n) is 20.1. The fourth-order valence-corrected chi connectivity index (χ4v) is 9.17. The quantitative estimate of drug-likeness (QED) is 0.0675. The number of hydrogen-bond acceptors (Lipinski definition) is 12. The molecule has 64 heavy (non-hydrogen) atoms. The summed E-state index contributed by atoms with van der Waals surface area (Å²) in [5.41, 5.74) is 3.26. The van der Waals surface area contributed by atoms with E-state index in [1.807, 2.05) is 17.7 Å². The van der Waals surface area contributed by atoms with Gasteiger partial charge in [0.05, 0.1) is 38.5 Å². The minimum Gasteiger partial charge on any atom is -0.361 e. The number of halogens is 3. The van der Waals surface area contributed by atoms with Crippen LogP contribution in [-0.4, -0.2) is 86.5 Å². The maximum atomic E-state index is 12.7. The van der Waals surface area contributed by atoms with Crippen molar-refractivity contribution in [3.8, 4) is 6.07 Å². The molecule has 2 aliphatic heterocycles. The first-order valence-corrected chi connectivity index (χ1v) is 25.0. The van der Waals surface area contributed by atoms with E-state index >= 15 is 0 Å². The fourth-order valence-electron chi connectivity index (χ4n) is 7.67. The predicted molar refractivity (Wildman–Crippen MR) is 262 cm³/mol. The van der Waals surface area contributed by atoms with Crippen LogP contribution in [0.25, 0.3) is 33.1 Å². The lowest BCUT2D eigenvalue weighted by molar-refractivity contribution is 0.0898. The Morgan fingerprint density at radius 2 is 1.56 bits per heavy atom. The van der Waals surface area contributed by atoms with Crippen LogP contribution < -0.4 is 21.3 Å². The van der Waals surface area contributed by atoms with Gasteiger partial charge in [-0.1, -0.05) is 54.4 Å². The molecule has 338 valence electrons. The molecule has 0 spiro atoms. The van der Waals surface area contributed by atoms with Crippen LogP contribution in [0.3, 0.4) is 0 Å².